The Hall–Kier alpha value is -1.10. The number of hydrogen-bond donors (Lipinski definition) is 1. The molecule has 24 heavy (non-hydrogen) atoms. The monoisotopic (exact) mass is 335 g/mol. The summed E-state index contributed by atoms with van der Waals surface area (Å²) < 4.78 is 11.7. The maximum Gasteiger partial charge on any atom is 0.119 e. The molecule has 0 amide bonds. The zero-order valence-electron chi connectivity index (χ0n) is 15.1. The van der Waals surface area contributed by atoms with Crippen molar-refractivity contribution in [3.05, 3.63) is 29.8 Å². The van der Waals surface area contributed by atoms with Gasteiger partial charge in [-0.25, -0.2) is 0 Å². The second-order valence-corrected chi connectivity index (χ2v) is 6.57. The Kier molecular flexibility index (Phi) is 9.18. The van der Waals surface area contributed by atoms with Gasteiger partial charge in [-0.05, 0) is 24.1 Å². The van der Waals surface area contributed by atoms with E-state index in [1.807, 2.05) is 12.1 Å². The van der Waals surface area contributed by atoms with Gasteiger partial charge in [0.05, 0.1) is 25.9 Å². The Labute approximate surface area is 146 Å². The van der Waals surface area contributed by atoms with Crippen LogP contribution >= 0.6 is 0 Å². The molecule has 1 heterocycles. The first kappa shape index (κ1) is 19.2. The first-order valence-corrected chi connectivity index (χ1v) is 9.51. The lowest BCUT2D eigenvalue weighted by atomic mass is 10.1. The molecule has 0 aromatic heterocycles. The van der Waals surface area contributed by atoms with Crippen molar-refractivity contribution < 1.29 is 14.6 Å². The van der Waals surface area contributed by atoms with Crippen LogP contribution in [-0.4, -0.2) is 49.5 Å². The highest BCUT2D eigenvalue weighted by Gasteiger charge is 2.21. The van der Waals surface area contributed by atoms with Crippen molar-refractivity contribution in [3.63, 3.8) is 0 Å². The van der Waals surface area contributed by atoms with E-state index in [0.29, 0.717) is 0 Å². The van der Waals surface area contributed by atoms with Crippen LogP contribution in [0.15, 0.2) is 24.3 Å². The fourth-order valence-corrected chi connectivity index (χ4v) is 3.10. The summed E-state index contributed by atoms with van der Waals surface area (Å²) in [5, 5.41) is 9.08. The summed E-state index contributed by atoms with van der Waals surface area (Å²) in [6.45, 7) is 6.44. The van der Waals surface area contributed by atoms with Gasteiger partial charge in [0.1, 0.15) is 5.75 Å². The Balaban J connectivity index is 1.68. The van der Waals surface area contributed by atoms with Gasteiger partial charge >= 0.3 is 0 Å². The highest BCUT2D eigenvalue weighted by Crippen LogP contribution is 2.24. The number of rotatable bonds is 11. The third-order valence-electron chi connectivity index (χ3n) is 4.59. The molecule has 0 spiro atoms. The maximum absolute atomic E-state index is 9.08. The molecule has 0 unspecified atom stereocenters. The molecule has 1 aromatic rings. The van der Waals surface area contributed by atoms with E-state index in [-0.39, 0.29) is 12.7 Å². The molecule has 0 radical (unpaired) electrons. The Morgan fingerprint density at radius 2 is 1.88 bits per heavy atom. The van der Waals surface area contributed by atoms with Crippen molar-refractivity contribution in [2.24, 2.45) is 0 Å². The Morgan fingerprint density at radius 1 is 1.12 bits per heavy atom. The van der Waals surface area contributed by atoms with E-state index in [2.05, 4.69) is 24.0 Å². The highest BCUT2D eigenvalue weighted by molar-refractivity contribution is 5.29. The minimum Gasteiger partial charge on any atom is -0.494 e. The minimum absolute atomic E-state index is 0.0953. The summed E-state index contributed by atoms with van der Waals surface area (Å²) in [6.07, 6.45) is 7.80. The molecule has 136 valence electrons. The molecule has 2 rings (SSSR count). The summed E-state index contributed by atoms with van der Waals surface area (Å²) in [4.78, 5) is 2.25. The van der Waals surface area contributed by atoms with Crippen LogP contribution in [0.4, 0.5) is 0 Å². The number of hydrogen-bond acceptors (Lipinski definition) is 4. The second kappa shape index (κ2) is 11.5. The third kappa shape index (κ3) is 6.80. The van der Waals surface area contributed by atoms with E-state index in [4.69, 9.17) is 14.6 Å². The quantitative estimate of drug-likeness (QED) is 0.625. The number of aliphatic hydroxyl groups excluding tert-OH is 1. The number of nitrogens with zero attached hydrogens (tertiary/aromatic N) is 1. The molecule has 1 aromatic carbocycles. The van der Waals surface area contributed by atoms with Gasteiger partial charge in [0, 0.05) is 19.6 Å². The van der Waals surface area contributed by atoms with Crippen molar-refractivity contribution in [3.8, 4) is 5.75 Å². The van der Waals surface area contributed by atoms with E-state index in [1.54, 1.807) is 0 Å². The number of morpholine rings is 1. The number of β-amino-alcohol motifs (C(OH)–C–C–N with tert-alkyl or cyclic N) is 1. The predicted molar refractivity (Wildman–Crippen MR) is 97.5 cm³/mol. The van der Waals surface area contributed by atoms with Gasteiger partial charge in [-0.2, -0.15) is 0 Å². The molecular formula is C20H33NO3. The number of aliphatic hydroxyl groups is 1. The lowest BCUT2D eigenvalue weighted by Crippen LogP contribution is -2.39. The molecule has 0 saturated carbocycles. The van der Waals surface area contributed by atoms with Gasteiger partial charge in [0.2, 0.25) is 0 Å². The lowest BCUT2D eigenvalue weighted by Gasteiger charge is -2.32. The topological polar surface area (TPSA) is 41.9 Å². The van der Waals surface area contributed by atoms with Crippen LogP contribution in [0.5, 0.6) is 5.75 Å². The smallest absolute Gasteiger partial charge is 0.119 e. The second-order valence-electron chi connectivity index (χ2n) is 6.57. The summed E-state index contributed by atoms with van der Waals surface area (Å²) in [6, 6.07) is 8.29. The zero-order valence-corrected chi connectivity index (χ0v) is 15.1. The van der Waals surface area contributed by atoms with Crippen LogP contribution in [0.25, 0.3) is 0 Å². The van der Waals surface area contributed by atoms with Crippen molar-refractivity contribution in [2.75, 3.05) is 39.5 Å². The molecule has 1 saturated heterocycles. The van der Waals surface area contributed by atoms with E-state index in [0.717, 1.165) is 45.0 Å². The van der Waals surface area contributed by atoms with Gasteiger partial charge in [-0.1, -0.05) is 51.2 Å². The predicted octanol–water partition coefficient (Wildman–Crippen LogP) is 3.79. The highest BCUT2D eigenvalue weighted by atomic mass is 16.5. The van der Waals surface area contributed by atoms with Crippen molar-refractivity contribution in [2.45, 2.75) is 51.6 Å². The molecule has 1 N–H and O–H groups in total. The van der Waals surface area contributed by atoms with Gasteiger partial charge in [-0.3, -0.25) is 4.90 Å². The molecule has 1 aliphatic rings. The van der Waals surface area contributed by atoms with Crippen molar-refractivity contribution in [1.82, 2.24) is 4.90 Å². The fourth-order valence-electron chi connectivity index (χ4n) is 3.10. The molecule has 1 fully saturated rings. The number of ether oxygens (including phenoxy) is 2. The summed E-state index contributed by atoms with van der Waals surface area (Å²) in [5.74, 6) is 0.940. The number of benzene rings is 1. The number of unbranched alkanes of at least 4 members (excludes halogenated alkanes) is 5. The lowest BCUT2D eigenvalue weighted by molar-refractivity contribution is -0.0338. The third-order valence-corrected chi connectivity index (χ3v) is 4.59. The van der Waals surface area contributed by atoms with Gasteiger partial charge in [-0.15, -0.1) is 0 Å². The minimum atomic E-state index is 0.0953. The average molecular weight is 335 g/mol. The van der Waals surface area contributed by atoms with Crippen molar-refractivity contribution in [1.29, 1.82) is 0 Å². The molecule has 1 atom stereocenters. The van der Waals surface area contributed by atoms with Crippen molar-refractivity contribution >= 4 is 0 Å². The van der Waals surface area contributed by atoms with Crippen LogP contribution < -0.4 is 4.74 Å². The first-order valence-electron chi connectivity index (χ1n) is 9.51. The molecular weight excluding hydrogens is 302 g/mol. The Bertz CT molecular complexity index is 433. The molecule has 1 aliphatic heterocycles. The van der Waals surface area contributed by atoms with Crippen LogP contribution in [0, 0.1) is 0 Å². The normalized spacial score (nSPS) is 18.7. The van der Waals surface area contributed by atoms with Crippen LogP contribution in [-0.2, 0) is 4.74 Å². The SMILES string of the molecule is CCCCCCCCOc1ccc([C@H]2CN(CCO)CCO2)cc1. The molecule has 0 aliphatic carbocycles. The summed E-state index contributed by atoms with van der Waals surface area (Å²) in [5.41, 5.74) is 1.18. The van der Waals surface area contributed by atoms with E-state index >= 15 is 0 Å². The zero-order chi connectivity index (χ0) is 17.0. The van der Waals surface area contributed by atoms with E-state index < -0.39 is 0 Å². The summed E-state index contributed by atoms with van der Waals surface area (Å²) in [7, 11) is 0. The van der Waals surface area contributed by atoms with Crippen LogP contribution in [0.2, 0.25) is 0 Å². The van der Waals surface area contributed by atoms with E-state index in [9.17, 15) is 0 Å². The van der Waals surface area contributed by atoms with Gasteiger partial charge in [0.15, 0.2) is 0 Å². The largest absolute Gasteiger partial charge is 0.494 e. The van der Waals surface area contributed by atoms with Crippen LogP contribution in [0.1, 0.15) is 57.1 Å². The first-order chi connectivity index (χ1) is 11.8. The fraction of sp³-hybridized carbons (Fsp3) is 0.700. The molecule has 4 heteroatoms. The van der Waals surface area contributed by atoms with Gasteiger partial charge in [0.25, 0.3) is 0 Å². The Morgan fingerprint density at radius 3 is 2.62 bits per heavy atom. The van der Waals surface area contributed by atoms with Gasteiger partial charge < -0.3 is 14.6 Å². The average Bonchev–Trinajstić information content (AvgIpc) is 2.62. The standard InChI is InChI=1S/C20H33NO3/c1-2-3-4-5-6-7-15-23-19-10-8-18(9-11-19)20-17-21(12-14-22)13-16-24-20/h8-11,20,22H,2-7,12-17H2,1H3/t20-/m1/s1. The summed E-state index contributed by atoms with van der Waals surface area (Å²) >= 11 is 0. The molecule has 4 nitrogen and oxygen atoms in total. The van der Waals surface area contributed by atoms with E-state index in [1.165, 1.54) is 37.7 Å². The van der Waals surface area contributed by atoms with Crippen LogP contribution in [0.3, 0.4) is 0 Å². The maximum atomic E-state index is 9.08. The molecule has 0 bridgehead atoms.